The van der Waals surface area contributed by atoms with Crippen molar-refractivity contribution >= 4 is 5.91 Å². The van der Waals surface area contributed by atoms with Crippen molar-refractivity contribution < 1.29 is 4.79 Å². The van der Waals surface area contributed by atoms with E-state index >= 15 is 0 Å². The standard InChI is InChI=1S/C11H17NO/c1-5(2)9-6-3-7-8(4-6)11(13)12-10(7)9/h5-10H,3-4H2,1-2H3,(H,12,13). The fourth-order valence-electron chi connectivity index (χ4n) is 4.14. The molecule has 1 heterocycles. The smallest absolute Gasteiger partial charge is 0.223 e. The van der Waals surface area contributed by atoms with E-state index in [4.69, 9.17) is 0 Å². The lowest BCUT2D eigenvalue weighted by atomic mass is 9.76. The summed E-state index contributed by atoms with van der Waals surface area (Å²) in [6.07, 6.45) is 2.49. The van der Waals surface area contributed by atoms with Gasteiger partial charge in [0.25, 0.3) is 0 Å². The van der Waals surface area contributed by atoms with Gasteiger partial charge in [-0.05, 0) is 36.5 Å². The zero-order valence-corrected chi connectivity index (χ0v) is 8.29. The quantitative estimate of drug-likeness (QED) is 0.648. The van der Waals surface area contributed by atoms with E-state index in [1.165, 1.54) is 12.8 Å². The monoisotopic (exact) mass is 179 g/mol. The molecule has 5 unspecified atom stereocenters. The maximum Gasteiger partial charge on any atom is 0.223 e. The minimum atomic E-state index is 0.348. The van der Waals surface area contributed by atoms with E-state index in [1.807, 2.05) is 0 Å². The Morgan fingerprint density at radius 3 is 2.85 bits per heavy atom. The number of carbonyl (C=O) groups excluding carboxylic acids is 1. The molecule has 3 aliphatic rings. The van der Waals surface area contributed by atoms with Crippen molar-refractivity contribution in [2.75, 3.05) is 0 Å². The second kappa shape index (κ2) is 2.28. The SMILES string of the molecule is CC(C)C1C2CC3C(=O)NC1C3C2. The van der Waals surface area contributed by atoms with Gasteiger partial charge >= 0.3 is 0 Å². The highest BCUT2D eigenvalue weighted by atomic mass is 16.2. The number of amides is 1. The Balaban J connectivity index is 1.94. The van der Waals surface area contributed by atoms with Gasteiger partial charge in [0.15, 0.2) is 0 Å². The van der Waals surface area contributed by atoms with Crippen LogP contribution in [-0.4, -0.2) is 11.9 Å². The van der Waals surface area contributed by atoms with Crippen LogP contribution >= 0.6 is 0 Å². The third-order valence-corrected chi connectivity index (χ3v) is 4.48. The lowest BCUT2D eigenvalue weighted by molar-refractivity contribution is -0.122. The lowest BCUT2D eigenvalue weighted by Gasteiger charge is -2.29. The van der Waals surface area contributed by atoms with Crippen LogP contribution in [0.25, 0.3) is 0 Å². The van der Waals surface area contributed by atoms with Crippen molar-refractivity contribution in [3.05, 3.63) is 0 Å². The minimum absolute atomic E-state index is 0.348. The second-order valence-electron chi connectivity index (χ2n) is 5.36. The van der Waals surface area contributed by atoms with E-state index in [1.54, 1.807) is 0 Å². The van der Waals surface area contributed by atoms with Crippen LogP contribution in [0.15, 0.2) is 0 Å². The van der Waals surface area contributed by atoms with Crippen molar-refractivity contribution in [1.29, 1.82) is 0 Å². The third kappa shape index (κ3) is 0.818. The van der Waals surface area contributed by atoms with Crippen LogP contribution in [0.3, 0.4) is 0 Å². The van der Waals surface area contributed by atoms with E-state index in [0.717, 1.165) is 17.8 Å². The van der Waals surface area contributed by atoms with Crippen molar-refractivity contribution in [3.8, 4) is 0 Å². The molecular weight excluding hydrogens is 162 g/mol. The van der Waals surface area contributed by atoms with Gasteiger partial charge in [-0.15, -0.1) is 0 Å². The molecule has 0 radical (unpaired) electrons. The molecule has 3 fully saturated rings. The molecule has 0 spiro atoms. The zero-order chi connectivity index (χ0) is 9.16. The average molecular weight is 179 g/mol. The fraction of sp³-hybridized carbons (Fsp3) is 0.909. The average Bonchev–Trinajstić information content (AvgIpc) is 2.61. The van der Waals surface area contributed by atoms with E-state index in [0.29, 0.717) is 23.8 Å². The molecule has 2 bridgehead atoms. The molecule has 0 aromatic rings. The molecule has 0 aromatic heterocycles. The van der Waals surface area contributed by atoms with Gasteiger partial charge in [0.2, 0.25) is 5.91 Å². The maximum atomic E-state index is 11.5. The van der Waals surface area contributed by atoms with Gasteiger partial charge < -0.3 is 5.32 Å². The molecule has 3 rings (SSSR count). The first-order chi connectivity index (χ1) is 6.18. The number of carbonyl (C=O) groups is 1. The van der Waals surface area contributed by atoms with Crippen molar-refractivity contribution in [2.24, 2.45) is 29.6 Å². The first-order valence-corrected chi connectivity index (χ1v) is 5.49. The molecule has 5 atom stereocenters. The Labute approximate surface area is 79.1 Å². The summed E-state index contributed by atoms with van der Waals surface area (Å²) >= 11 is 0. The van der Waals surface area contributed by atoms with Crippen molar-refractivity contribution in [3.63, 3.8) is 0 Å². The molecule has 2 saturated carbocycles. The first-order valence-electron chi connectivity index (χ1n) is 5.49. The maximum absolute atomic E-state index is 11.5. The van der Waals surface area contributed by atoms with Gasteiger partial charge in [-0.2, -0.15) is 0 Å². The van der Waals surface area contributed by atoms with Crippen LogP contribution in [0.4, 0.5) is 0 Å². The van der Waals surface area contributed by atoms with Gasteiger partial charge in [0, 0.05) is 12.0 Å². The molecule has 0 aromatic carbocycles. The van der Waals surface area contributed by atoms with Crippen molar-refractivity contribution in [2.45, 2.75) is 32.7 Å². The molecule has 2 nitrogen and oxygen atoms in total. The second-order valence-corrected chi connectivity index (χ2v) is 5.36. The summed E-state index contributed by atoms with van der Waals surface area (Å²) in [6.45, 7) is 4.59. The normalized spacial score (nSPS) is 51.9. The Hall–Kier alpha value is -0.530. The molecule has 72 valence electrons. The first kappa shape index (κ1) is 7.84. The number of hydrogen-bond donors (Lipinski definition) is 1. The summed E-state index contributed by atoms with van der Waals surface area (Å²) in [5.41, 5.74) is 0. The summed E-state index contributed by atoms with van der Waals surface area (Å²) in [6, 6.07) is 0.538. The number of nitrogens with one attached hydrogen (secondary N) is 1. The lowest BCUT2D eigenvalue weighted by Crippen LogP contribution is -2.36. The summed E-state index contributed by atoms with van der Waals surface area (Å²) in [4.78, 5) is 11.5. The van der Waals surface area contributed by atoms with E-state index in [9.17, 15) is 4.79 Å². The molecule has 1 saturated heterocycles. The van der Waals surface area contributed by atoms with Crippen LogP contribution in [0.5, 0.6) is 0 Å². The largest absolute Gasteiger partial charge is 0.353 e. The molecule has 1 amide bonds. The van der Waals surface area contributed by atoms with Gasteiger partial charge in [0.05, 0.1) is 0 Å². The van der Waals surface area contributed by atoms with Crippen LogP contribution in [0.2, 0.25) is 0 Å². The van der Waals surface area contributed by atoms with Crippen LogP contribution in [0.1, 0.15) is 26.7 Å². The highest BCUT2D eigenvalue weighted by Crippen LogP contribution is 2.56. The Morgan fingerprint density at radius 1 is 1.38 bits per heavy atom. The summed E-state index contributed by atoms with van der Waals surface area (Å²) < 4.78 is 0. The van der Waals surface area contributed by atoms with Gasteiger partial charge in [-0.3, -0.25) is 4.79 Å². The van der Waals surface area contributed by atoms with Gasteiger partial charge in [-0.1, -0.05) is 13.8 Å². The van der Waals surface area contributed by atoms with E-state index in [-0.39, 0.29) is 0 Å². The van der Waals surface area contributed by atoms with E-state index < -0.39 is 0 Å². The third-order valence-electron chi connectivity index (χ3n) is 4.48. The molecule has 1 aliphatic heterocycles. The molecular formula is C11H17NO. The Bertz CT molecular complexity index is 261. The molecule has 13 heavy (non-hydrogen) atoms. The highest BCUT2D eigenvalue weighted by Gasteiger charge is 2.59. The predicted octanol–water partition coefficient (Wildman–Crippen LogP) is 1.41. The molecule has 2 aliphatic carbocycles. The van der Waals surface area contributed by atoms with E-state index in [2.05, 4.69) is 19.2 Å². The van der Waals surface area contributed by atoms with Crippen molar-refractivity contribution in [1.82, 2.24) is 5.32 Å². The Morgan fingerprint density at radius 2 is 2.15 bits per heavy atom. The molecule has 1 N–H and O–H groups in total. The predicted molar refractivity (Wildman–Crippen MR) is 50.0 cm³/mol. The number of hydrogen-bond acceptors (Lipinski definition) is 1. The number of rotatable bonds is 1. The zero-order valence-electron chi connectivity index (χ0n) is 8.29. The topological polar surface area (TPSA) is 29.1 Å². The van der Waals surface area contributed by atoms with Gasteiger partial charge in [-0.25, -0.2) is 0 Å². The van der Waals surface area contributed by atoms with Crippen LogP contribution in [0, 0.1) is 29.6 Å². The van der Waals surface area contributed by atoms with Gasteiger partial charge in [0.1, 0.15) is 0 Å². The summed E-state index contributed by atoms with van der Waals surface area (Å²) in [5.74, 6) is 3.79. The fourth-order valence-corrected chi connectivity index (χ4v) is 4.14. The highest BCUT2D eigenvalue weighted by molar-refractivity contribution is 5.83. The van der Waals surface area contributed by atoms with Crippen LogP contribution in [-0.2, 0) is 4.79 Å². The Kier molecular flexibility index (Phi) is 1.38. The summed E-state index contributed by atoms with van der Waals surface area (Å²) in [7, 11) is 0. The van der Waals surface area contributed by atoms with Crippen LogP contribution < -0.4 is 5.32 Å². The summed E-state index contributed by atoms with van der Waals surface area (Å²) in [5, 5.41) is 3.20. The minimum Gasteiger partial charge on any atom is -0.353 e. The molecule has 2 heteroatoms. The number of fused-ring (bicyclic) bond motifs is 1.